The van der Waals surface area contributed by atoms with Crippen molar-refractivity contribution in [2.75, 3.05) is 10.6 Å². The van der Waals surface area contributed by atoms with E-state index in [2.05, 4.69) is 10.6 Å². The number of aryl methyl sites for hydroxylation is 1. The van der Waals surface area contributed by atoms with Gasteiger partial charge in [-0.05, 0) is 55.3 Å². The molecule has 0 bridgehead atoms. The van der Waals surface area contributed by atoms with E-state index in [-0.39, 0.29) is 23.7 Å². The lowest BCUT2D eigenvalue weighted by Gasteiger charge is -2.09. The van der Waals surface area contributed by atoms with Crippen molar-refractivity contribution in [3.63, 3.8) is 0 Å². The normalized spacial score (nSPS) is 18.6. The van der Waals surface area contributed by atoms with E-state index in [9.17, 15) is 9.59 Å². The molecule has 2 atom stereocenters. The van der Waals surface area contributed by atoms with E-state index < -0.39 is 0 Å². The van der Waals surface area contributed by atoms with Crippen LogP contribution in [0.1, 0.15) is 12.0 Å². The quantitative estimate of drug-likeness (QED) is 0.748. The minimum Gasteiger partial charge on any atom is -0.326 e. The molecule has 0 radical (unpaired) electrons. The molecule has 2 aromatic carbocycles. The van der Waals surface area contributed by atoms with Crippen molar-refractivity contribution < 1.29 is 9.59 Å². The van der Waals surface area contributed by atoms with Gasteiger partial charge in [-0.1, -0.05) is 34.8 Å². The van der Waals surface area contributed by atoms with Crippen molar-refractivity contribution in [1.29, 1.82) is 0 Å². The number of hydrogen-bond donors (Lipinski definition) is 2. The number of benzene rings is 2. The molecule has 2 unspecified atom stereocenters. The molecular formula is C18H15Cl3N2O2. The van der Waals surface area contributed by atoms with Crippen molar-refractivity contribution >= 4 is 58.0 Å². The third-order valence-corrected chi connectivity index (χ3v) is 4.88. The Morgan fingerprint density at radius 3 is 1.96 bits per heavy atom. The summed E-state index contributed by atoms with van der Waals surface area (Å²) in [6, 6.07) is 10.1. The summed E-state index contributed by atoms with van der Waals surface area (Å²) in [6.07, 6.45) is 0.509. The summed E-state index contributed by atoms with van der Waals surface area (Å²) in [5.74, 6) is -1.11. The molecule has 0 spiro atoms. The molecule has 1 fully saturated rings. The van der Waals surface area contributed by atoms with Gasteiger partial charge in [0.1, 0.15) is 0 Å². The van der Waals surface area contributed by atoms with Gasteiger partial charge in [0.2, 0.25) is 11.8 Å². The molecular weight excluding hydrogens is 383 g/mol. The minimum atomic E-state index is -0.362. The fourth-order valence-electron chi connectivity index (χ4n) is 2.58. The average Bonchev–Trinajstić information content (AvgIpc) is 3.33. The summed E-state index contributed by atoms with van der Waals surface area (Å²) in [7, 11) is 0. The zero-order chi connectivity index (χ0) is 18.1. The Hall–Kier alpha value is -1.75. The van der Waals surface area contributed by atoms with Crippen LogP contribution in [-0.4, -0.2) is 11.8 Å². The van der Waals surface area contributed by atoms with Gasteiger partial charge in [-0.25, -0.2) is 0 Å². The molecule has 130 valence electrons. The molecule has 2 aromatic rings. The summed E-state index contributed by atoms with van der Waals surface area (Å²) < 4.78 is 0. The number of rotatable bonds is 4. The molecule has 1 aliphatic carbocycles. The van der Waals surface area contributed by atoms with Crippen molar-refractivity contribution in [3.05, 3.63) is 57.0 Å². The summed E-state index contributed by atoms with van der Waals surface area (Å²) in [4.78, 5) is 24.6. The highest BCUT2D eigenvalue weighted by atomic mass is 35.5. The smallest absolute Gasteiger partial charge is 0.228 e. The van der Waals surface area contributed by atoms with Gasteiger partial charge in [0, 0.05) is 15.7 Å². The van der Waals surface area contributed by atoms with E-state index in [0.29, 0.717) is 32.9 Å². The number of nitrogens with one attached hydrogen (secondary N) is 2. The Bertz CT molecular complexity index is 785. The van der Waals surface area contributed by atoms with E-state index in [4.69, 9.17) is 34.8 Å². The predicted molar refractivity (Wildman–Crippen MR) is 102 cm³/mol. The number of amides is 2. The van der Waals surface area contributed by atoms with Gasteiger partial charge < -0.3 is 10.6 Å². The Kier molecular flexibility index (Phi) is 5.23. The van der Waals surface area contributed by atoms with E-state index >= 15 is 0 Å². The lowest BCUT2D eigenvalue weighted by Crippen LogP contribution is -2.21. The monoisotopic (exact) mass is 396 g/mol. The molecule has 0 aromatic heterocycles. The highest BCUT2D eigenvalue weighted by Crippen LogP contribution is 2.41. The summed E-state index contributed by atoms with van der Waals surface area (Å²) in [6.45, 7) is 1.86. The molecule has 25 heavy (non-hydrogen) atoms. The third-order valence-electron chi connectivity index (χ3n) is 4.10. The van der Waals surface area contributed by atoms with Gasteiger partial charge >= 0.3 is 0 Å². The molecule has 2 amide bonds. The summed E-state index contributed by atoms with van der Waals surface area (Å²) in [5.41, 5.74) is 2.05. The lowest BCUT2D eigenvalue weighted by atomic mass is 10.2. The van der Waals surface area contributed by atoms with Gasteiger partial charge in [0.05, 0.1) is 22.5 Å². The SMILES string of the molecule is Cc1cc(Cl)ccc1NC(=O)C1CC1C(=O)Nc1ccc(Cl)cc1Cl. The van der Waals surface area contributed by atoms with Crippen LogP contribution in [0.5, 0.6) is 0 Å². The number of halogens is 3. The van der Waals surface area contributed by atoms with E-state index in [1.165, 1.54) is 0 Å². The van der Waals surface area contributed by atoms with Crippen LogP contribution in [0.15, 0.2) is 36.4 Å². The third kappa shape index (κ3) is 4.27. The summed E-state index contributed by atoms with van der Waals surface area (Å²) in [5, 5.41) is 7.05. The Labute approximate surface area is 160 Å². The molecule has 1 aliphatic rings. The fourth-order valence-corrected chi connectivity index (χ4v) is 3.27. The van der Waals surface area contributed by atoms with Crippen molar-refractivity contribution in [1.82, 2.24) is 0 Å². The zero-order valence-corrected chi connectivity index (χ0v) is 15.5. The van der Waals surface area contributed by atoms with Gasteiger partial charge in [-0.3, -0.25) is 9.59 Å². The highest BCUT2D eigenvalue weighted by molar-refractivity contribution is 6.36. The van der Waals surface area contributed by atoms with Crippen LogP contribution in [0.3, 0.4) is 0 Å². The molecule has 4 nitrogen and oxygen atoms in total. The van der Waals surface area contributed by atoms with Crippen LogP contribution in [-0.2, 0) is 9.59 Å². The highest BCUT2D eigenvalue weighted by Gasteiger charge is 2.48. The van der Waals surface area contributed by atoms with Crippen molar-refractivity contribution in [2.45, 2.75) is 13.3 Å². The number of carbonyl (C=O) groups is 2. The second-order valence-corrected chi connectivity index (χ2v) is 7.29. The first-order valence-corrected chi connectivity index (χ1v) is 8.81. The maximum absolute atomic E-state index is 12.3. The van der Waals surface area contributed by atoms with Gasteiger partial charge in [-0.2, -0.15) is 0 Å². The Morgan fingerprint density at radius 1 is 0.880 bits per heavy atom. The largest absolute Gasteiger partial charge is 0.326 e. The maximum atomic E-state index is 12.3. The van der Waals surface area contributed by atoms with Crippen LogP contribution in [0.25, 0.3) is 0 Å². The molecule has 3 rings (SSSR count). The molecule has 2 N–H and O–H groups in total. The minimum absolute atomic E-state index is 0.173. The maximum Gasteiger partial charge on any atom is 0.228 e. The molecule has 0 saturated heterocycles. The average molecular weight is 398 g/mol. The van der Waals surface area contributed by atoms with Crippen molar-refractivity contribution in [2.24, 2.45) is 11.8 Å². The second kappa shape index (κ2) is 7.24. The van der Waals surface area contributed by atoms with Gasteiger partial charge in [-0.15, -0.1) is 0 Å². The van der Waals surface area contributed by atoms with Crippen LogP contribution in [0.2, 0.25) is 15.1 Å². The topological polar surface area (TPSA) is 58.2 Å². The Balaban J connectivity index is 1.59. The van der Waals surface area contributed by atoms with Crippen LogP contribution in [0.4, 0.5) is 11.4 Å². The fraction of sp³-hybridized carbons (Fsp3) is 0.222. The number of anilines is 2. The molecule has 0 aliphatic heterocycles. The first-order chi connectivity index (χ1) is 11.8. The predicted octanol–water partition coefficient (Wildman–Crippen LogP) is 5.17. The van der Waals surface area contributed by atoms with Gasteiger partial charge in [0.15, 0.2) is 0 Å². The molecule has 7 heteroatoms. The lowest BCUT2D eigenvalue weighted by molar-refractivity contribution is -0.122. The zero-order valence-electron chi connectivity index (χ0n) is 13.3. The molecule has 0 heterocycles. The standard InChI is InChI=1S/C18H15Cl3N2O2/c1-9-6-10(19)2-4-15(9)22-17(24)12-8-13(12)18(25)23-16-5-3-11(20)7-14(16)21/h2-7,12-13H,8H2,1H3,(H,22,24)(H,23,25). The van der Waals surface area contributed by atoms with Crippen LogP contribution in [0, 0.1) is 18.8 Å². The van der Waals surface area contributed by atoms with E-state index in [0.717, 1.165) is 5.56 Å². The van der Waals surface area contributed by atoms with Crippen LogP contribution < -0.4 is 10.6 Å². The van der Waals surface area contributed by atoms with Gasteiger partial charge in [0.25, 0.3) is 0 Å². The summed E-state index contributed by atoms with van der Waals surface area (Å²) >= 11 is 17.8. The first-order valence-electron chi connectivity index (χ1n) is 7.68. The number of carbonyl (C=O) groups excluding carboxylic acids is 2. The van der Waals surface area contributed by atoms with E-state index in [1.807, 2.05) is 6.92 Å². The second-order valence-electron chi connectivity index (χ2n) is 6.01. The van der Waals surface area contributed by atoms with E-state index in [1.54, 1.807) is 36.4 Å². The number of hydrogen-bond acceptors (Lipinski definition) is 2. The molecule has 1 saturated carbocycles. The first kappa shape index (κ1) is 18.1. The van der Waals surface area contributed by atoms with Crippen LogP contribution >= 0.6 is 34.8 Å². The Morgan fingerprint density at radius 2 is 1.40 bits per heavy atom. The van der Waals surface area contributed by atoms with Crippen molar-refractivity contribution in [3.8, 4) is 0 Å².